The van der Waals surface area contributed by atoms with Crippen molar-refractivity contribution >= 4 is 40.4 Å². The summed E-state index contributed by atoms with van der Waals surface area (Å²) in [5.74, 6) is 0.112. The molecule has 7 heteroatoms. The third-order valence-corrected chi connectivity index (χ3v) is 4.41. The quantitative estimate of drug-likeness (QED) is 0.836. The van der Waals surface area contributed by atoms with E-state index in [0.29, 0.717) is 21.3 Å². The van der Waals surface area contributed by atoms with Gasteiger partial charge in [0.05, 0.1) is 17.7 Å². The van der Waals surface area contributed by atoms with Crippen LogP contribution in [0.4, 0.5) is 5.69 Å². The number of hydrogen-bond donors (Lipinski definition) is 2. The van der Waals surface area contributed by atoms with E-state index >= 15 is 0 Å². The molecule has 0 atom stereocenters. The number of carbonyl (C=O) groups excluding carboxylic acids is 2. The normalized spacial score (nSPS) is 10.2. The maximum Gasteiger partial charge on any atom is 0.261 e. The number of anilines is 1. The lowest BCUT2D eigenvalue weighted by Crippen LogP contribution is -2.27. The number of benzene rings is 1. The number of rotatable bonds is 6. The van der Waals surface area contributed by atoms with Crippen molar-refractivity contribution in [1.82, 2.24) is 5.32 Å². The zero-order valence-electron chi connectivity index (χ0n) is 12.8. The molecule has 0 saturated carbocycles. The van der Waals surface area contributed by atoms with Crippen LogP contribution in [0.5, 0.6) is 5.75 Å². The van der Waals surface area contributed by atoms with Crippen molar-refractivity contribution in [2.24, 2.45) is 0 Å². The standard InChI is InChI=1S/C16H17ClN2O3S/c1-10-8-12(13(22-2)9-11(10)17)19-15(20)5-6-18-16(21)14-4-3-7-23-14/h3-4,7-9H,5-6H2,1-2H3,(H,18,21)(H,19,20). The largest absolute Gasteiger partial charge is 0.495 e. The second kappa shape index (κ2) is 7.99. The number of halogens is 1. The molecule has 2 aromatic rings. The minimum atomic E-state index is -0.212. The summed E-state index contributed by atoms with van der Waals surface area (Å²) in [6, 6.07) is 6.96. The first kappa shape index (κ1) is 17.3. The summed E-state index contributed by atoms with van der Waals surface area (Å²) in [5.41, 5.74) is 1.40. The summed E-state index contributed by atoms with van der Waals surface area (Å²) in [6.07, 6.45) is 0.169. The van der Waals surface area contributed by atoms with E-state index in [2.05, 4.69) is 10.6 Å². The first-order valence-corrected chi connectivity index (χ1v) is 8.22. The van der Waals surface area contributed by atoms with E-state index in [-0.39, 0.29) is 24.8 Å². The Bertz CT molecular complexity index is 702. The van der Waals surface area contributed by atoms with Crippen LogP contribution in [0.25, 0.3) is 0 Å². The fourth-order valence-corrected chi connectivity index (χ4v) is 2.72. The number of carbonyl (C=O) groups is 2. The number of aryl methyl sites for hydroxylation is 1. The lowest BCUT2D eigenvalue weighted by Gasteiger charge is -2.12. The summed E-state index contributed by atoms with van der Waals surface area (Å²) in [6.45, 7) is 2.11. The molecule has 122 valence electrons. The molecule has 0 unspecified atom stereocenters. The molecule has 2 amide bonds. The van der Waals surface area contributed by atoms with Gasteiger partial charge in [0, 0.05) is 24.1 Å². The topological polar surface area (TPSA) is 67.4 Å². The highest BCUT2D eigenvalue weighted by atomic mass is 35.5. The van der Waals surface area contributed by atoms with Crippen LogP contribution in [0.2, 0.25) is 5.02 Å². The molecule has 0 saturated heterocycles. The van der Waals surface area contributed by atoms with Gasteiger partial charge in [0.15, 0.2) is 0 Å². The fraction of sp³-hybridized carbons (Fsp3) is 0.250. The van der Waals surface area contributed by atoms with Crippen LogP contribution in [0.15, 0.2) is 29.6 Å². The maximum absolute atomic E-state index is 12.0. The van der Waals surface area contributed by atoms with Gasteiger partial charge in [0.25, 0.3) is 5.91 Å². The third-order valence-electron chi connectivity index (χ3n) is 3.14. The molecule has 0 spiro atoms. The van der Waals surface area contributed by atoms with Gasteiger partial charge in [0.2, 0.25) is 5.91 Å². The van der Waals surface area contributed by atoms with Crippen molar-refractivity contribution < 1.29 is 14.3 Å². The molecule has 2 rings (SSSR count). The second-order valence-corrected chi connectivity index (χ2v) is 6.19. The molecule has 0 radical (unpaired) electrons. The lowest BCUT2D eigenvalue weighted by molar-refractivity contribution is -0.116. The third kappa shape index (κ3) is 4.71. The van der Waals surface area contributed by atoms with E-state index in [1.165, 1.54) is 18.4 Å². The van der Waals surface area contributed by atoms with Gasteiger partial charge in [-0.05, 0) is 30.0 Å². The first-order valence-electron chi connectivity index (χ1n) is 6.97. The highest BCUT2D eigenvalue weighted by Gasteiger charge is 2.11. The van der Waals surface area contributed by atoms with Gasteiger partial charge >= 0.3 is 0 Å². The van der Waals surface area contributed by atoms with E-state index in [1.807, 2.05) is 12.3 Å². The van der Waals surface area contributed by atoms with Crippen LogP contribution in [0.3, 0.4) is 0 Å². The van der Waals surface area contributed by atoms with Crippen LogP contribution >= 0.6 is 22.9 Å². The van der Waals surface area contributed by atoms with Crippen LogP contribution < -0.4 is 15.4 Å². The average molecular weight is 353 g/mol. The fourth-order valence-electron chi connectivity index (χ4n) is 1.93. The molecular weight excluding hydrogens is 336 g/mol. The summed E-state index contributed by atoms with van der Waals surface area (Å²) < 4.78 is 5.21. The Balaban J connectivity index is 1.88. The number of hydrogen-bond acceptors (Lipinski definition) is 4. The molecule has 1 aromatic heterocycles. The van der Waals surface area contributed by atoms with Crippen molar-refractivity contribution in [2.45, 2.75) is 13.3 Å². The number of ether oxygens (including phenoxy) is 1. The predicted octanol–water partition coefficient (Wildman–Crippen LogP) is 3.48. The van der Waals surface area contributed by atoms with E-state index < -0.39 is 0 Å². The van der Waals surface area contributed by atoms with Crippen molar-refractivity contribution in [3.05, 3.63) is 45.1 Å². The van der Waals surface area contributed by atoms with E-state index in [1.54, 1.807) is 24.3 Å². The summed E-state index contributed by atoms with van der Waals surface area (Å²) in [5, 5.41) is 7.88. The summed E-state index contributed by atoms with van der Waals surface area (Å²) >= 11 is 7.39. The first-order chi connectivity index (χ1) is 11.0. The summed E-state index contributed by atoms with van der Waals surface area (Å²) in [4.78, 5) is 24.4. The van der Waals surface area contributed by atoms with Crippen molar-refractivity contribution in [1.29, 1.82) is 0 Å². The number of nitrogens with one attached hydrogen (secondary N) is 2. The van der Waals surface area contributed by atoms with Gasteiger partial charge in [0.1, 0.15) is 5.75 Å². The smallest absolute Gasteiger partial charge is 0.261 e. The van der Waals surface area contributed by atoms with Crippen LogP contribution in [-0.2, 0) is 4.79 Å². The van der Waals surface area contributed by atoms with Gasteiger partial charge in [-0.15, -0.1) is 11.3 Å². The second-order valence-electron chi connectivity index (χ2n) is 4.83. The summed E-state index contributed by atoms with van der Waals surface area (Å²) in [7, 11) is 1.51. The molecule has 23 heavy (non-hydrogen) atoms. The molecule has 1 aromatic carbocycles. The minimum Gasteiger partial charge on any atom is -0.495 e. The van der Waals surface area contributed by atoms with Crippen LogP contribution in [0.1, 0.15) is 21.7 Å². The monoisotopic (exact) mass is 352 g/mol. The van der Waals surface area contributed by atoms with E-state index in [9.17, 15) is 9.59 Å². The Labute approximate surface area is 143 Å². The van der Waals surface area contributed by atoms with Crippen molar-refractivity contribution in [2.75, 3.05) is 19.0 Å². The Morgan fingerprint density at radius 2 is 2.13 bits per heavy atom. The average Bonchev–Trinajstić information content (AvgIpc) is 3.05. The molecular formula is C16H17ClN2O3S. The lowest BCUT2D eigenvalue weighted by atomic mass is 10.2. The number of amides is 2. The van der Waals surface area contributed by atoms with Crippen molar-refractivity contribution in [3.63, 3.8) is 0 Å². The van der Waals surface area contributed by atoms with Crippen molar-refractivity contribution in [3.8, 4) is 5.75 Å². The molecule has 0 aliphatic carbocycles. The highest BCUT2D eigenvalue weighted by Crippen LogP contribution is 2.30. The molecule has 0 fully saturated rings. The van der Waals surface area contributed by atoms with Crippen LogP contribution in [-0.4, -0.2) is 25.5 Å². The number of methoxy groups -OCH3 is 1. The SMILES string of the molecule is COc1cc(Cl)c(C)cc1NC(=O)CCNC(=O)c1cccs1. The Kier molecular flexibility index (Phi) is 6.01. The van der Waals surface area contributed by atoms with E-state index in [0.717, 1.165) is 5.56 Å². The Morgan fingerprint density at radius 3 is 2.78 bits per heavy atom. The van der Waals surface area contributed by atoms with Gasteiger partial charge in [-0.2, -0.15) is 0 Å². The Hall–Kier alpha value is -2.05. The molecule has 0 aliphatic heterocycles. The zero-order chi connectivity index (χ0) is 16.8. The van der Waals surface area contributed by atoms with Gasteiger partial charge < -0.3 is 15.4 Å². The zero-order valence-corrected chi connectivity index (χ0v) is 14.4. The minimum absolute atomic E-state index is 0.169. The van der Waals surface area contributed by atoms with Gasteiger partial charge in [-0.25, -0.2) is 0 Å². The molecule has 2 N–H and O–H groups in total. The van der Waals surface area contributed by atoms with Crippen LogP contribution in [0, 0.1) is 6.92 Å². The number of thiophene rings is 1. The van der Waals surface area contributed by atoms with Gasteiger partial charge in [-0.1, -0.05) is 17.7 Å². The highest BCUT2D eigenvalue weighted by molar-refractivity contribution is 7.12. The predicted molar refractivity (Wildman–Crippen MR) is 92.6 cm³/mol. The molecule has 0 aliphatic rings. The van der Waals surface area contributed by atoms with Gasteiger partial charge in [-0.3, -0.25) is 9.59 Å². The van der Waals surface area contributed by atoms with E-state index in [4.69, 9.17) is 16.3 Å². The maximum atomic E-state index is 12.0. The Morgan fingerprint density at radius 1 is 1.35 bits per heavy atom. The molecule has 5 nitrogen and oxygen atoms in total. The molecule has 0 bridgehead atoms. The molecule has 1 heterocycles.